The molecule has 1 heterocycles. The van der Waals surface area contributed by atoms with Gasteiger partial charge in [0.15, 0.2) is 0 Å². The van der Waals surface area contributed by atoms with Crippen molar-refractivity contribution < 1.29 is 17.9 Å². The Morgan fingerprint density at radius 3 is 2.31 bits per heavy atom. The second kappa shape index (κ2) is 8.67. The third kappa shape index (κ3) is 4.54. The fourth-order valence-electron chi connectivity index (χ4n) is 4.68. The second-order valence-corrected chi connectivity index (χ2v) is 9.87. The normalized spacial score (nSPS) is 23.9. The smallest absolute Gasteiger partial charge is 0.324 e. The molecule has 1 saturated carbocycles. The summed E-state index contributed by atoms with van der Waals surface area (Å²) < 4.78 is 33.3. The monoisotopic (exact) mass is 413 g/mol. The van der Waals surface area contributed by atoms with Crippen molar-refractivity contribution in [3.8, 4) is 0 Å². The van der Waals surface area contributed by atoms with Crippen LogP contribution in [0.4, 0.5) is 0 Å². The average molecular weight is 414 g/mol. The zero-order chi connectivity index (χ0) is 20.3. The largest absolute Gasteiger partial charge is 0.464 e. The van der Waals surface area contributed by atoms with Crippen molar-refractivity contribution in [2.24, 2.45) is 5.92 Å². The number of aryl methyl sites for hydroxylation is 1. The van der Waals surface area contributed by atoms with Crippen LogP contribution < -0.4 is 0 Å². The van der Waals surface area contributed by atoms with Crippen LogP contribution in [0.15, 0.2) is 60.7 Å². The van der Waals surface area contributed by atoms with Gasteiger partial charge in [-0.3, -0.25) is 4.79 Å². The Bertz CT molecular complexity index is 930. The number of carbonyl (C=O) groups excluding carboxylic acids is 1. The van der Waals surface area contributed by atoms with E-state index in [-0.39, 0.29) is 23.7 Å². The van der Waals surface area contributed by atoms with Crippen LogP contribution in [0.25, 0.3) is 0 Å². The third-order valence-electron chi connectivity index (χ3n) is 5.98. The SMILES string of the molecule is O=C(OCCCc1ccccc1)[C@@H]1C2CCC(C2)N1S(=O)(=O)Cc1ccccc1. The van der Waals surface area contributed by atoms with Gasteiger partial charge in [0.2, 0.25) is 10.0 Å². The Labute approximate surface area is 172 Å². The second-order valence-electron chi connectivity index (χ2n) is 8.00. The maximum absolute atomic E-state index is 13.1. The van der Waals surface area contributed by atoms with Gasteiger partial charge in [-0.1, -0.05) is 60.7 Å². The Hall–Kier alpha value is -2.18. The lowest BCUT2D eigenvalue weighted by Crippen LogP contribution is -2.50. The van der Waals surface area contributed by atoms with Crippen LogP contribution in [0, 0.1) is 5.92 Å². The fourth-order valence-corrected chi connectivity index (χ4v) is 6.69. The van der Waals surface area contributed by atoms with Crippen molar-refractivity contribution in [2.75, 3.05) is 6.61 Å². The molecule has 2 unspecified atom stereocenters. The number of hydrogen-bond donors (Lipinski definition) is 0. The molecule has 0 spiro atoms. The summed E-state index contributed by atoms with van der Waals surface area (Å²) in [6, 6.07) is 18.5. The Balaban J connectivity index is 1.39. The van der Waals surface area contributed by atoms with Crippen LogP contribution in [-0.4, -0.2) is 37.4 Å². The Morgan fingerprint density at radius 1 is 0.966 bits per heavy atom. The predicted octanol–water partition coefficient (Wildman–Crippen LogP) is 3.55. The molecule has 154 valence electrons. The lowest BCUT2D eigenvalue weighted by Gasteiger charge is -2.32. The van der Waals surface area contributed by atoms with Gasteiger partial charge in [0, 0.05) is 6.04 Å². The van der Waals surface area contributed by atoms with Gasteiger partial charge in [-0.2, -0.15) is 4.31 Å². The van der Waals surface area contributed by atoms with Gasteiger partial charge in [0.1, 0.15) is 6.04 Å². The van der Waals surface area contributed by atoms with Crippen LogP contribution >= 0.6 is 0 Å². The van der Waals surface area contributed by atoms with Gasteiger partial charge >= 0.3 is 5.97 Å². The van der Waals surface area contributed by atoms with Crippen LogP contribution in [-0.2, 0) is 31.7 Å². The first-order valence-electron chi connectivity index (χ1n) is 10.3. The van der Waals surface area contributed by atoms with E-state index in [1.165, 1.54) is 9.87 Å². The molecule has 2 fully saturated rings. The molecule has 29 heavy (non-hydrogen) atoms. The van der Waals surface area contributed by atoms with Crippen molar-refractivity contribution in [1.29, 1.82) is 0 Å². The van der Waals surface area contributed by atoms with Crippen molar-refractivity contribution in [3.63, 3.8) is 0 Å². The number of hydrogen-bond acceptors (Lipinski definition) is 4. The Kier molecular flexibility index (Phi) is 6.01. The highest BCUT2D eigenvalue weighted by molar-refractivity contribution is 7.88. The minimum absolute atomic E-state index is 0.0735. The quantitative estimate of drug-likeness (QED) is 0.490. The van der Waals surface area contributed by atoms with Crippen LogP contribution in [0.3, 0.4) is 0 Å². The number of sulfonamides is 1. The zero-order valence-electron chi connectivity index (χ0n) is 16.4. The highest BCUT2D eigenvalue weighted by Gasteiger charge is 2.54. The number of nitrogens with zero attached hydrogens (tertiary/aromatic N) is 1. The minimum atomic E-state index is -3.58. The van der Waals surface area contributed by atoms with Gasteiger partial charge in [-0.05, 0) is 49.1 Å². The fraction of sp³-hybridized carbons (Fsp3) is 0.435. The summed E-state index contributed by atoms with van der Waals surface area (Å²) in [5.74, 6) is -0.386. The molecule has 0 amide bonds. The molecule has 2 aromatic carbocycles. The number of fused-ring (bicyclic) bond motifs is 2. The van der Waals surface area contributed by atoms with E-state index in [2.05, 4.69) is 12.1 Å². The maximum atomic E-state index is 13.1. The van der Waals surface area contributed by atoms with E-state index in [0.29, 0.717) is 6.61 Å². The number of benzene rings is 2. The molecule has 2 aromatic rings. The van der Waals surface area contributed by atoms with E-state index < -0.39 is 16.1 Å². The predicted molar refractivity (Wildman–Crippen MR) is 112 cm³/mol. The summed E-state index contributed by atoms with van der Waals surface area (Å²) in [5, 5.41) is 0. The molecule has 0 aromatic heterocycles. The number of rotatable bonds is 8. The molecule has 1 saturated heterocycles. The van der Waals surface area contributed by atoms with E-state index in [4.69, 9.17) is 4.74 Å². The van der Waals surface area contributed by atoms with E-state index >= 15 is 0 Å². The minimum Gasteiger partial charge on any atom is -0.464 e. The summed E-state index contributed by atoms with van der Waals surface area (Å²) in [6.07, 6.45) is 4.05. The van der Waals surface area contributed by atoms with E-state index in [0.717, 1.165) is 37.7 Å². The summed E-state index contributed by atoms with van der Waals surface area (Å²) in [4.78, 5) is 12.8. The van der Waals surface area contributed by atoms with Crippen LogP contribution in [0.1, 0.15) is 36.8 Å². The standard InChI is InChI=1S/C23H27NO4S/c25-23(28-15-7-12-18-8-3-1-4-9-18)22-20-13-14-21(16-20)24(22)29(26,27)17-19-10-5-2-6-11-19/h1-6,8-11,20-22H,7,12-17H2/t20?,21?,22-/m0/s1. The number of esters is 1. The first-order valence-corrected chi connectivity index (χ1v) is 11.9. The first kappa shape index (κ1) is 20.1. The van der Waals surface area contributed by atoms with Crippen molar-refractivity contribution in [2.45, 2.75) is 49.9 Å². The lowest BCUT2D eigenvalue weighted by atomic mass is 10.0. The molecule has 1 aliphatic heterocycles. The molecule has 2 aliphatic rings. The van der Waals surface area contributed by atoms with Crippen LogP contribution in [0.2, 0.25) is 0 Å². The first-order chi connectivity index (χ1) is 14.0. The van der Waals surface area contributed by atoms with Crippen LogP contribution in [0.5, 0.6) is 0 Å². The number of carbonyl (C=O) groups is 1. The molecule has 5 nitrogen and oxygen atoms in total. The molecule has 0 radical (unpaired) electrons. The van der Waals surface area contributed by atoms with E-state index in [1.54, 1.807) is 0 Å². The molecular formula is C23H27NO4S. The van der Waals surface area contributed by atoms with Crippen molar-refractivity contribution in [1.82, 2.24) is 4.31 Å². The van der Waals surface area contributed by atoms with E-state index in [9.17, 15) is 13.2 Å². The molecule has 0 N–H and O–H groups in total. The molecule has 4 rings (SSSR count). The highest BCUT2D eigenvalue weighted by Crippen LogP contribution is 2.45. The summed E-state index contributed by atoms with van der Waals surface area (Å²) >= 11 is 0. The average Bonchev–Trinajstić information content (AvgIpc) is 3.34. The molecule has 1 aliphatic carbocycles. The molecule has 2 bridgehead atoms. The van der Waals surface area contributed by atoms with Gasteiger partial charge in [-0.25, -0.2) is 8.42 Å². The summed E-state index contributed by atoms with van der Waals surface area (Å²) in [5.41, 5.74) is 1.95. The van der Waals surface area contributed by atoms with Gasteiger partial charge in [0.05, 0.1) is 12.4 Å². The highest BCUT2D eigenvalue weighted by atomic mass is 32.2. The van der Waals surface area contributed by atoms with E-state index in [1.807, 2.05) is 48.5 Å². The van der Waals surface area contributed by atoms with Crippen molar-refractivity contribution in [3.05, 3.63) is 71.8 Å². The maximum Gasteiger partial charge on any atom is 0.324 e. The third-order valence-corrected chi connectivity index (χ3v) is 7.84. The summed E-state index contributed by atoms with van der Waals surface area (Å²) in [7, 11) is -3.58. The topological polar surface area (TPSA) is 63.7 Å². The van der Waals surface area contributed by atoms with Crippen molar-refractivity contribution >= 4 is 16.0 Å². The van der Waals surface area contributed by atoms with Gasteiger partial charge < -0.3 is 4.74 Å². The molecule has 6 heteroatoms. The zero-order valence-corrected chi connectivity index (χ0v) is 17.3. The number of piperidine rings is 1. The van der Waals surface area contributed by atoms with Gasteiger partial charge in [0.25, 0.3) is 0 Å². The summed E-state index contributed by atoms with van der Waals surface area (Å²) in [6.45, 7) is 0.314. The molecule has 3 atom stereocenters. The molecular weight excluding hydrogens is 386 g/mol. The number of ether oxygens (including phenoxy) is 1. The van der Waals surface area contributed by atoms with Gasteiger partial charge in [-0.15, -0.1) is 0 Å². The lowest BCUT2D eigenvalue weighted by molar-refractivity contribution is -0.149. The Morgan fingerprint density at radius 2 is 1.62 bits per heavy atom.